The van der Waals surface area contributed by atoms with E-state index in [1.807, 2.05) is 36.4 Å². The van der Waals surface area contributed by atoms with Gasteiger partial charge in [0.15, 0.2) is 0 Å². The van der Waals surface area contributed by atoms with Gasteiger partial charge in [-0.05, 0) is 11.5 Å². The lowest BCUT2D eigenvalue weighted by Gasteiger charge is -2.73. The summed E-state index contributed by atoms with van der Waals surface area (Å²) in [4.78, 5) is 13.8. The summed E-state index contributed by atoms with van der Waals surface area (Å²) in [5.74, 6) is 0. The van der Waals surface area contributed by atoms with Crippen LogP contribution in [0.3, 0.4) is 0 Å². The van der Waals surface area contributed by atoms with Gasteiger partial charge in [0, 0.05) is 61.2 Å². The maximum Gasteiger partial charge on any atom is 0.408 e. The summed E-state index contributed by atoms with van der Waals surface area (Å²) in [7, 11) is 1.89. The van der Waals surface area contributed by atoms with Crippen LogP contribution in [-0.4, -0.2) is 55.1 Å². The number of rotatable bonds is 2. The van der Waals surface area contributed by atoms with E-state index in [1.165, 1.54) is 0 Å². The standard InChI is InChI=1S/C21H26N6O2/c1-19(2,3)21(20(11-22-12-20)13-26(21)18(28)29)16-8-24-27-10-14(5-6-17(16)27)15-7-23-25(4)9-15/h5-10,22H,11-13H2,1-4H3,(H,28,29). The first-order chi connectivity index (χ1) is 13.7. The summed E-state index contributed by atoms with van der Waals surface area (Å²) in [6, 6.07) is 4.11. The number of likely N-dealkylation sites (tertiary alicyclic amines) is 1. The number of hydrogen-bond acceptors (Lipinski definition) is 4. The smallest absolute Gasteiger partial charge is 0.408 e. The van der Waals surface area contributed by atoms with E-state index >= 15 is 0 Å². The molecule has 2 aliphatic heterocycles. The number of aromatic nitrogens is 4. The van der Waals surface area contributed by atoms with Gasteiger partial charge in [0.2, 0.25) is 0 Å². The molecular weight excluding hydrogens is 368 g/mol. The van der Waals surface area contributed by atoms with Crippen molar-refractivity contribution in [3.05, 3.63) is 42.5 Å². The maximum absolute atomic E-state index is 12.2. The Balaban J connectivity index is 1.70. The third-order valence-corrected chi connectivity index (χ3v) is 6.82. The lowest BCUT2D eigenvalue weighted by molar-refractivity contribution is -0.222. The number of aryl methyl sites for hydroxylation is 1. The van der Waals surface area contributed by atoms with E-state index in [-0.39, 0.29) is 10.8 Å². The summed E-state index contributed by atoms with van der Waals surface area (Å²) in [6.07, 6.45) is 6.78. The molecule has 0 radical (unpaired) electrons. The first-order valence-electron chi connectivity index (χ1n) is 9.88. The Bertz CT molecular complexity index is 1120. The summed E-state index contributed by atoms with van der Waals surface area (Å²) in [5.41, 5.74) is 2.95. The van der Waals surface area contributed by atoms with Gasteiger partial charge in [-0.25, -0.2) is 9.31 Å². The lowest BCUT2D eigenvalue weighted by Crippen LogP contribution is -2.85. The van der Waals surface area contributed by atoms with Crippen molar-refractivity contribution in [1.29, 1.82) is 0 Å². The molecule has 152 valence electrons. The Hall–Kier alpha value is -2.87. The van der Waals surface area contributed by atoms with Gasteiger partial charge in [-0.2, -0.15) is 10.2 Å². The van der Waals surface area contributed by atoms with Crippen molar-refractivity contribution >= 4 is 11.6 Å². The molecular formula is C21H26N6O2. The van der Waals surface area contributed by atoms with E-state index in [4.69, 9.17) is 0 Å². The zero-order valence-electron chi connectivity index (χ0n) is 17.2. The van der Waals surface area contributed by atoms with Crippen LogP contribution in [0.5, 0.6) is 0 Å². The number of carbonyl (C=O) groups is 1. The summed E-state index contributed by atoms with van der Waals surface area (Å²) in [5, 5.41) is 22.3. The summed E-state index contributed by atoms with van der Waals surface area (Å²) < 4.78 is 3.64. The van der Waals surface area contributed by atoms with Crippen molar-refractivity contribution in [3.8, 4) is 11.1 Å². The highest BCUT2D eigenvalue weighted by molar-refractivity contribution is 5.74. The number of amides is 1. The molecule has 0 aromatic carbocycles. The number of nitrogens with zero attached hydrogens (tertiary/aromatic N) is 5. The lowest BCUT2D eigenvalue weighted by atomic mass is 9.46. The normalized spacial score (nSPS) is 23.2. The molecule has 3 aromatic heterocycles. The van der Waals surface area contributed by atoms with Crippen LogP contribution in [0.2, 0.25) is 0 Å². The molecule has 1 spiro atoms. The summed E-state index contributed by atoms with van der Waals surface area (Å²) in [6.45, 7) is 8.59. The molecule has 5 heterocycles. The second-order valence-corrected chi connectivity index (χ2v) is 9.42. The third kappa shape index (κ3) is 2.15. The second kappa shape index (κ2) is 5.60. The first-order valence-corrected chi connectivity index (χ1v) is 9.88. The minimum atomic E-state index is -0.871. The van der Waals surface area contributed by atoms with Crippen LogP contribution in [0.1, 0.15) is 26.3 Å². The average molecular weight is 394 g/mol. The largest absolute Gasteiger partial charge is 0.465 e. The molecule has 1 unspecified atom stereocenters. The van der Waals surface area contributed by atoms with Gasteiger partial charge >= 0.3 is 6.09 Å². The molecule has 1 amide bonds. The van der Waals surface area contributed by atoms with Gasteiger partial charge in [0.25, 0.3) is 0 Å². The Labute approximate surface area is 169 Å². The van der Waals surface area contributed by atoms with Crippen LogP contribution in [0.25, 0.3) is 16.6 Å². The molecule has 0 saturated carbocycles. The highest BCUT2D eigenvalue weighted by Gasteiger charge is 2.74. The van der Waals surface area contributed by atoms with Gasteiger partial charge in [-0.1, -0.05) is 26.8 Å². The zero-order valence-corrected chi connectivity index (χ0v) is 17.2. The van der Waals surface area contributed by atoms with Gasteiger partial charge in [0.1, 0.15) is 0 Å². The Kier molecular flexibility index (Phi) is 3.51. The third-order valence-electron chi connectivity index (χ3n) is 6.82. The molecule has 1 atom stereocenters. The van der Waals surface area contributed by atoms with Crippen molar-refractivity contribution < 1.29 is 9.90 Å². The van der Waals surface area contributed by atoms with Crippen molar-refractivity contribution in [2.75, 3.05) is 19.6 Å². The van der Waals surface area contributed by atoms with E-state index in [1.54, 1.807) is 9.58 Å². The van der Waals surface area contributed by atoms with E-state index in [0.29, 0.717) is 6.54 Å². The van der Waals surface area contributed by atoms with E-state index < -0.39 is 11.6 Å². The Morgan fingerprint density at radius 1 is 1.14 bits per heavy atom. The van der Waals surface area contributed by atoms with Crippen LogP contribution in [0.4, 0.5) is 4.79 Å². The van der Waals surface area contributed by atoms with Crippen LogP contribution in [0, 0.1) is 10.8 Å². The fourth-order valence-corrected chi connectivity index (χ4v) is 5.78. The quantitative estimate of drug-likeness (QED) is 0.698. The number of nitrogens with one attached hydrogen (secondary N) is 1. The van der Waals surface area contributed by atoms with Crippen molar-refractivity contribution in [1.82, 2.24) is 29.6 Å². The molecule has 8 heteroatoms. The monoisotopic (exact) mass is 394 g/mol. The zero-order chi connectivity index (χ0) is 20.6. The minimum Gasteiger partial charge on any atom is -0.465 e. The number of carboxylic acid groups (broad SMARTS) is 1. The van der Waals surface area contributed by atoms with Gasteiger partial charge in [-0.3, -0.25) is 9.58 Å². The van der Waals surface area contributed by atoms with Crippen LogP contribution < -0.4 is 5.32 Å². The van der Waals surface area contributed by atoms with Crippen molar-refractivity contribution in [3.63, 3.8) is 0 Å². The molecule has 29 heavy (non-hydrogen) atoms. The SMILES string of the molecule is Cn1cc(-c2ccc3c(C4(C(C)(C)C)N(C(=O)O)CC45CNC5)cnn3c2)cn1. The fourth-order valence-electron chi connectivity index (χ4n) is 5.78. The highest BCUT2D eigenvalue weighted by Crippen LogP contribution is 2.65. The molecule has 0 aliphatic carbocycles. The van der Waals surface area contributed by atoms with Gasteiger partial charge in [-0.15, -0.1) is 0 Å². The molecule has 8 nitrogen and oxygen atoms in total. The topological polar surface area (TPSA) is 87.7 Å². The molecule has 2 aliphatic rings. The Morgan fingerprint density at radius 3 is 2.45 bits per heavy atom. The average Bonchev–Trinajstić information content (AvgIpc) is 3.18. The Morgan fingerprint density at radius 2 is 1.90 bits per heavy atom. The molecule has 0 bridgehead atoms. The first kappa shape index (κ1) is 18.2. The van der Waals surface area contributed by atoms with Crippen LogP contribution >= 0.6 is 0 Å². The van der Waals surface area contributed by atoms with Crippen LogP contribution in [0.15, 0.2) is 36.9 Å². The van der Waals surface area contributed by atoms with Gasteiger partial charge < -0.3 is 10.4 Å². The van der Waals surface area contributed by atoms with E-state index in [9.17, 15) is 9.90 Å². The number of pyridine rings is 1. The van der Waals surface area contributed by atoms with Crippen molar-refractivity contribution in [2.45, 2.75) is 26.3 Å². The molecule has 5 rings (SSSR count). The maximum atomic E-state index is 12.2. The minimum absolute atomic E-state index is 0.102. The predicted octanol–water partition coefficient (Wildman–Crippen LogP) is 2.56. The summed E-state index contributed by atoms with van der Waals surface area (Å²) >= 11 is 0. The number of fused-ring (bicyclic) bond motifs is 1. The highest BCUT2D eigenvalue weighted by atomic mass is 16.4. The predicted molar refractivity (Wildman–Crippen MR) is 109 cm³/mol. The van der Waals surface area contributed by atoms with Gasteiger partial charge in [0.05, 0.1) is 23.4 Å². The number of hydrogen-bond donors (Lipinski definition) is 2. The van der Waals surface area contributed by atoms with Crippen LogP contribution in [-0.2, 0) is 12.6 Å². The molecule has 2 saturated heterocycles. The van der Waals surface area contributed by atoms with Crippen molar-refractivity contribution in [2.24, 2.45) is 17.9 Å². The molecule has 2 fully saturated rings. The van der Waals surface area contributed by atoms with E-state index in [0.717, 1.165) is 35.3 Å². The molecule has 2 N–H and O–H groups in total. The fraction of sp³-hybridized carbons (Fsp3) is 0.476. The second-order valence-electron chi connectivity index (χ2n) is 9.42. The molecule has 3 aromatic rings. The van der Waals surface area contributed by atoms with E-state index in [2.05, 4.69) is 48.4 Å².